The van der Waals surface area contributed by atoms with Crippen molar-refractivity contribution in [3.05, 3.63) is 71.8 Å². The summed E-state index contributed by atoms with van der Waals surface area (Å²) in [5.41, 5.74) is 4.17. The topological polar surface area (TPSA) is 70.9 Å². The Morgan fingerprint density at radius 1 is 1.30 bits per heavy atom. The lowest BCUT2D eigenvalue weighted by atomic mass is 10.1. The summed E-state index contributed by atoms with van der Waals surface area (Å²) >= 11 is 0. The second-order valence-corrected chi connectivity index (χ2v) is 4.78. The molecule has 0 bridgehead atoms. The number of benzene rings is 2. The Kier molecular flexibility index (Phi) is 5.52. The minimum absolute atomic E-state index is 0.134. The summed E-state index contributed by atoms with van der Waals surface area (Å²) in [6.07, 6.45) is 3.68. The monoisotopic (exact) mass is 310 g/mol. The highest BCUT2D eigenvalue weighted by molar-refractivity contribution is 5.95. The van der Waals surface area contributed by atoms with Crippen LogP contribution in [0.5, 0.6) is 11.5 Å². The van der Waals surface area contributed by atoms with Crippen LogP contribution in [0, 0.1) is 0 Å². The molecular weight excluding hydrogens is 292 g/mol. The second kappa shape index (κ2) is 7.79. The molecule has 0 saturated carbocycles. The summed E-state index contributed by atoms with van der Waals surface area (Å²) < 4.78 is 5.04. The van der Waals surface area contributed by atoms with Crippen molar-refractivity contribution in [2.24, 2.45) is 5.10 Å². The summed E-state index contributed by atoms with van der Waals surface area (Å²) in [4.78, 5) is 11.9. The molecule has 0 atom stereocenters. The van der Waals surface area contributed by atoms with E-state index in [0.29, 0.717) is 23.3 Å². The van der Waals surface area contributed by atoms with Crippen LogP contribution in [0.2, 0.25) is 0 Å². The second-order valence-electron chi connectivity index (χ2n) is 4.78. The van der Waals surface area contributed by atoms with E-state index in [1.54, 1.807) is 43.5 Å². The van der Waals surface area contributed by atoms with Crippen molar-refractivity contribution >= 4 is 12.1 Å². The Labute approximate surface area is 134 Å². The zero-order valence-corrected chi connectivity index (χ0v) is 12.8. The third-order valence-corrected chi connectivity index (χ3v) is 3.24. The summed E-state index contributed by atoms with van der Waals surface area (Å²) in [6.45, 7) is 3.65. The Balaban J connectivity index is 2.04. The van der Waals surface area contributed by atoms with Crippen LogP contribution in [0.4, 0.5) is 0 Å². The van der Waals surface area contributed by atoms with Crippen molar-refractivity contribution in [3.63, 3.8) is 0 Å². The van der Waals surface area contributed by atoms with E-state index >= 15 is 0 Å². The summed E-state index contributed by atoms with van der Waals surface area (Å²) in [7, 11) is 1.56. The Bertz CT molecular complexity index is 722. The molecule has 0 aromatic heterocycles. The normalized spacial score (nSPS) is 10.5. The molecule has 118 valence electrons. The Morgan fingerprint density at radius 3 is 2.70 bits per heavy atom. The molecule has 5 heteroatoms. The van der Waals surface area contributed by atoms with E-state index < -0.39 is 0 Å². The van der Waals surface area contributed by atoms with E-state index in [9.17, 15) is 9.90 Å². The minimum Gasteiger partial charge on any atom is -0.507 e. The highest BCUT2D eigenvalue weighted by atomic mass is 16.5. The number of phenols is 1. The van der Waals surface area contributed by atoms with Crippen molar-refractivity contribution in [2.75, 3.05) is 7.11 Å². The fourth-order valence-electron chi connectivity index (χ4n) is 2.00. The average molecular weight is 310 g/mol. The lowest BCUT2D eigenvalue weighted by molar-refractivity contribution is 0.0955. The van der Waals surface area contributed by atoms with Crippen molar-refractivity contribution < 1.29 is 14.6 Å². The third kappa shape index (κ3) is 4.20. The molecule has 0 heterocycles. The molecule has 23 heavy (non-hydrogen) atoms. The van der Waals surface area contributed by atoms with Gasteiger partial charge in [-0.15, -0.1) is 6.58 Å². The zero-order chi connectivity index (χ0) is 16.7. The van der Waals surface area contributed by atoms with E-state index in [1.807, 2.05) is 12.1 Å². The molecule has 2 aromatic carbocycles. The number of methoxy groups -OCH3 is 1. The average Bonchev–Trinajstić information content (AvgIpc) is 2.58. The number of carbonyl (C=O) groups is 1. The first-order valence-corrected chi connectivity index (χ1v) is 7.05. The van der Waals surface area contributed by atoms with Crippen LogP contribution in [0.25, 0.3) is 0 Å². The van der Waals surface area contributed by atoms with E-state index in [1.165, 1.54) is 6.21 Å². The van der Waals surface area contributed by atoms with Crippen molar-refractivity contribution in [3.8, 4) is 11.5 Å². The number of amides is 1. The molecule has 2 N–H and O–H groups in total. The predicted molar refractivity (Wildman–Crippen MR) is 90.1 cm³/mol. The number of nitrogens with one attached hydrogen (secondary N) is 1. The maximum Gasteiger partial charge on any atom is 0.271 e. The fourth-order valence-corrected chi connectivity index (χ4v) is 2.00. The maximum absolute atomic E-state index is 11.9. The summed E-state index contributed by atoms with van der Waals surface area (Å²) in [5.74, 6) is 0.467. The first-order valence-electron chi connectivity index (χ1n) is 7.05. The Morgan fingerprint density at radius 2 is 2.04 bits per heavy atom. The molecule has 2 rings (SSSR count). The molecule has 0 radical (unpaired) electrons. The van der Waals surface area contributed by atoms with Crippen molar-refractivity contribution in [1.82, 2.24) is 5.43 Å². The predicted octanol–water partition coefficient (Wildman–Crippen LogP) is 2.89. The fraction of sp³-hybridized carbons (Fsp3) is 0.111. The van der Waals surface area contributed by atoms with Gasteiger partial charge in [-0.05, 0) is 42.3 Å². The number of carbonyl (C=O) groups excluding carboxylic acids is 1. The maximum atomic E-state index is 11.9. The molecule has 0 fully saturated rings. The molecule has 0 spiro atoms. The third-order valence-electron chi connectivity index (χ3n) is 3.24. The number of rotatable bonds is 6. The van der Waals surface area contributed by atoms with Crippen molar-refractivity contribution in [1.29, 1.82) is 0 Å². The highest BCUT2D eigenvalue weighted by Crippen LogP contribution is 2.21. The molecule has 0 unspecified atom stereocenters. The van der Waals surface area contributed by atoms with Gasteiger partial charge in [0.25, 0.3) is 5.91 Å². The van der Waals surface area contributed by atoms with Crippen LogP contribution >= 0.6 is 0 Å². The summed E-state index contributed by atoms with van der Waals surface area (Å²) in [5, 5.41) is 14.0. The van der Waals surface area contributed by atoms with Crippen molar-refractivity contribution in [2.45, 2.75) is 6.42 Å². The van der Waals surface area contributed by atoms with Gasteiger partial charge < -0.3 is 9.84 Å². The van der Waals surface area contributed by atoms with Gasteiger partial charge >= 0.3 is 0 Å². The first-order chi connectivity index (χ1) is 11.2. The van der Waals surface area contributed by atoms with Crippen LogP contribution in [0.3, 0.4) is 0 Å². The van der Waals surface area contributed by atoms with E-state index in [2.05, 4.69) is 17.1 Å². The first kappa shape index (κ1) is 16.3. The van der Waals surface area contributed by atoms with Gasteiger partial charge in [-0.1, -0.05) is 18.2 Å². The van der Waals surface area contributed by atoms with Gasteiger partial charge in [0.1, 0.15) is 11.5 Å². The number of phenolic OH excluding ortho intramolecular Hbond substituents is 1. The molecular formula is C18H18N2O3. The van der Waals surface area contributed by atoms with Gasteiger partial charge in [0, 0.05) is 11.1 Å². The molecule has 5 nitrogen and oxygen atoms in total. The Hall–Kier alpha value is -3.08. The smallest absolute Gasteiger partial charge is 0.271 e. The number of allylic oxidation sites excluding steroid dienone is 1. The number of nitrogens with zero attached hydrogens (tertiary/aromatic N) is 1. The number of hydrazone groups is 1. The number of aromatic hydroxyl groups is 1. The van der Waals surface area contributed by atoms with E-state index in [-0.39, 0.29) is 11.7 Å². The molecule has 0 aliphatic carbocycles. The van der Waals surface area contributed by atoms with Gasteiger partial charge in [-0.25, -0.2) is 5.43 Å². The van der Waals surface area contributed by atoms with E-state index in [4.69, 9.17) is 4.74 Å². The molecule has 0 aliphatic heterocycles. The van der Waals surface area contributed by atoms with Crippen LogP contribution in [-0.2, 0) is 6.42 Å². The van der Waals surface area contributed by atoms with Crippen LogP contribution in [0.1, 0.15) is 21.5 Å². The van der Waals surface area contributed by atoms with Gasteiger partial charge in [-0.2, -0.15) is 5.10 Å². The lowest BCUT2D eigenvalue weighted by Gasteiger charge is -2.05. The standard InChI is InChI=1S/C18H18N2O3/c1-3-5-13-6-4-7-15(17(13)21)12-19-20-18(22)14-8-10-16(23-2)11-9-14/h3-4,6-12,21H,1,5H2,2H3,(H,20,22)/b19-12+. The largest absolute Gasteiger partial charge is 0.507 e. The molecule has 0 saturated heterocycles. The quantitative estimate of drug-likeness (QED) is 0.489. The van der Waals surface area contributed by atoms with Gasteiger partial charge in [0.15, 0.2) is 0 Å². The summed E-state index contributed by atoms with van der Waals surface area (Å²) in [6, 6.07) is 12.0. The van der Waals surface area contributed by atoms with Crippen LogP contribution < -0.4 is 10.2 Å². The van der Waals surface area contributed by atoms with Gasteiger partial charge in [0.2, 0.25) is 0 Å². The number of hydrogen-bond donors (Lipinski definition) is 2. The lowest BCUT2D eigenvalue weighted by Crippen LogP contribution is -2.17. The highest BCUT2D eigenvalue weighted by Gasteiger charge is 2.06. The molecule has 2 aromatic rings. The number of hydrogen-bond acceptors (Lipinski definition) is 4. The van der Waals surface area contributed by atoms with Crippen LogP contribution in [-0.4, -0.2) is 24.3 Å². The molecule has 0 aliphatic rings. The minimum atomic E-state index is -0.342. The van der Waals surface area contributed by atoms with Gasteiger partial charge in [-0.3, -0.25) is 4.79 Å². The van der Waals surface area contributed by atoms with E-state index in [0.717, 1.165) is 5.56 Å². The van der Waals surface area contributed by atoms with Gasteiger partial charge in [0.05, 0.1) is 13.3 Å². The number of para-hydroxylation sites is 1. The SMILES string of the molecule is C=CCc1cccc(/C=N/NC(=O)c2ccc(OC)cc2)c1O. The van der Waals surface area contributed by atoms with Crippen LogP contribution in [0.15, 0.2) is 60.2 Å². The molecule has 1 amide bonds. The zero-order valence-electron chi connectivity index (χ0n) is 12.8. The number of ether oxygens (including phenoxy) is 1.